The van der Waals surface area contributed by atoms with Crippen LogP contribution in [0.1, 0.15) is 42.9 Å². The maximum Gasteiger partial charge on any atom is 0.303 e. The van der Waals surface area contributed by atoms with Crippen LogP contribution >= 0.6 is 11.6 Å². The van der Waals surface area contributed by atoms with Crippen LogP contribution in [0.25, 0.3) is 10.9 Å². The van der Waals surface area contributed by atoms with E-state index in [-0.39, 0.29) is 18.3 Å². The highest BCUT2D eigenvalue weighted by Gasteiger charge is 2.31. The molecule has 1 aromatic heterocycles. The van der Waals surface area contributed by atoms with Crippen molar-refractivity contribution in [1.82, 2.24) is 9.88 Å². The molecule has 0 bridgehead atoms. The Labute approximate surface area is 216 Å². The number of carbonyl (C=O) groups is 1. The minimum absolute atomic E-state index is 0.0192. The quantitative estimate of drug-likeness (QED) is 0.410. The molecule has 1 fully saturated rings. The lowest BCUT2D eigenvalue weighted by molar-refractivity contribution is -0.139. The molecular weight excluding hydrogens is 476 g/mol. The summed E-state index contributed by atoms with van der Waals surface area (Å²) in [4.78, 5) is 18.2. The number of aliphatic carboxylic acids is 1. The van der Waals surface area contributed by atoms with Gasteiger partial charge in [-0.25, -0.2) is 0 Å². The summed E-state index contributed by atoms with van der Waals surface area (Å²) in [6, 6.07) is 14.9. The van der Waals surface area contributed by atoms with Crippen LogP contribution in [0.5, 0.6) is 5.75 Å². The molecule has 2 N–H and O–H groups in total. The Bertz CT molecular complexity index is 1270. The first-order chi connectivity index (χ1) is 17.4. The van der Waals surface area contributed by atoms with Crippen molar-refractivity contribution in [1.29, 1.82) is 0 Å². The van der Waals surface area contributed by atoms with E-state index in [2.05, 4.69) is 21.7 Å². The van der Waals surface area contributed by atoms with E-state index in [1.165, 1.54) is 0 Å². The molecule has 3 atom stereocenters. The molecule has 2 aromatic carbocycles. The van der Waals surface area contributed by atoms with Gasteiger partial charge >= 0.3 is 5.97 Å². The number of hydrogen-bond donors (Lipinski definition) is 2. The molecule has 0 amide bonds. The number of fused-ring (bicyclic) bond motifs is 1. The van der Waals surface area contributed by atoms with Gasteiger partial charge in [0.2, 0.25) is 0 Å². The van der Waals surface area contributed by atoms with E-state index < -0.39 is 12.1 Å². The summed E-state index contributed by atoms with van der Waals surface area (Å²) in [7, 11) is 1.62. The smallest absolute Gasteiger partial charge is 0.303 e. The van der Waals surface area contributed by atoms with E-state index in [1.54, 1.807) is 13.3 Å². The Hall–Kier alpha value is -3.11. The van der Waals surface area contributed by atoms with Gasteiger partial charge in [0, 0.05) is 35.1 Å². The predicted molar refractivity (Wildman–Crippen MR) is 141 cm³/mol. The summed E-state index contributed by atoms with van der Waals surface area (Å²) >= 11 is 6.03. The van der Waals surface area contributed by atoms with Crippen LogP contribution in [-0.2, 0) is 4.79 Å². The number of carboxylic acid groups (broad SMARTS) is 1. The second-order valence-electron chi connectivity index (χ2n) is 9.33. The normalized spacial score (nSPS) is 18.9. The van der Waals surface area contributed by atoms with Gasteiger partial charge in [0.05, 0.1) is 25.3 Å². The molecule has 188 valence electrons. The van der Waals surface area contributed by atoms with Crippen LogP contribution in [0.4, 0.5) is 0 Å². The fraction of sp³-hybridized carbons (Fsp3) is 0.379. The third-order valence-electron chi connectivity index (χ3n) is 6.92. The number of nitrogens with zero attached hydrogens (tertiary/aromatic N) is 2. The number of pyridine rings is 1. The molecule has 2 heterocycles. The van der Waals surface area contributed by atoms with Gasteiger partial charge in [0.1, 0.15) is 5.75 Å². The van der Waals surface area contributed by atoms with Crippen molar-refractivity contribution in [2.45, 2.75) is 31.8 Å². The Morgan fingerprint density at radius 1 is 1.25 bits per heavy atom. The molecule has 7 heteroatoms. The highest BCUT2D eigenvalue weighted by molar-refractivity contribution is 6.30. The first kappa shape index (κ1) is 26.0. The third kappa shape index (κ3) is 6.76. The maximum atomic E-state index is 11.6. The molecule has 1 aliphatic heterocycles. The number of ether oxygens (including phenoxy) is 1. The van der Waals surface area contributed by atoms with Gasteiger partial charge in [-0.2, -0.15) is 0 Å². The summed E-state index contributed by atoms with van der Waals surface area (Å²) in [5.74, 6) is 6.52. The Balaban J connectivity index is 1.39. The van der Waals surface area contributed by atoms with Gasteiger partial charge in [-0.15, -0.1) is 0 Å². The average molecular weight is 507 g/mol. The second kappa shape index (κ2) is 12.2. The number of benzene rings is 2. The molecule has 0 aliphatic carbocycles. The molecule has 3 aromatic rings. The number of methoxy groups -OCH3 is 1. The number of aromatic nitrogens is 1. The second-order valence-corrected chi connectivity index (χ2v) is 9.77. The summed E-state index contributed by atoms with van der Waals surface area (Å²) in [6.45, 7) is 2.13. The number of halogens is 1. The van der Waals surface area contributed by atoms with E-state index in [4.69, 9.17) is 16.3 Å². The van der Waals surface area contributed by atoms with Gasteiger partial charge in [-0.3, -0.25) is 14.7 Å². The zero-order valence-electron chi connectivity index (χ0n) is 20.4. The van der Waals surface area contributed by atoms with Crippen LogP contribution in [0.2, 0.25) is 5.02 Å². The standard InChI is InChI=1S/C29H31ClN2O4/c1-36-24-8-9-27-26(18-24)25(11-13-31-27)28(33)10-7-21-12-15-32(19-22(21)17-29(34)35)14-3-5-20-4-2-6-23(30)16-20/h2,4,6,8-9,11,13,16,18,21-22,28,33H,7,10,12,14-15,17,19H2,1H3,(H,34,35)/t21-,22+,28+/m1/s1. The van der Waals surface area contributed by atoms with Crippen molar-refractivity contribution in [3.63, 3.8) is 0 Å². The predicted octanol–water partition coefficient (Wildman–Crippen LogP) is 5.17. The fourth-order valence-corrected chi connectivity index (χ4v) is 5.24. The maximum absolute atomic E-state index is 11.6. The first-order valence-electron chi connectivity index (χ1n) is 12.2. The number of carboxylic acids is 1. The minimum atomic E-state index is -0.787. The largest absolute Gasteiger partial charge is 0.497 e. The lowest BCUT2D eigenvalue weighted by Gasteiger charge is -2.37. The first-order valence-corrected chi connectivity index (χ1v) is 12.6. The van der Waals surface area contributed by atoms with Crippen molar-refractivity contribution >= 4 is 28.5 Å². The molecule has 4 rings (SSSR count). The topological polar surface area (TPSA) is 82.9 Å². The number of piperidine rings is 1. The van der Waals surface area contributed by atoms with Crippen molar-refractivity contribution in [2.75, 3.05) is 26.7 Å². The van der Waals surface area contributed by atoms with Crippen molar-refractivity contribution in [2.24, 2.45) is 11.8 Å². The summed E-state index contributed by atoms with van der Waals surface area (Å²) in [5, 5.41) is 22.1. The Kier molecular flexibility index (Phi) is 8.82. The Morgan fingerprint density at radius 3 is 2.89 bits per heavy atom. The van der Waals surface area contributed by atoms with Crippen LogP contribution in [0, 0.1) is 23.7 Å². The molecule has 0 spiro atoms. The number of likely N-dealkylation sites (tertiary alicyclic amines) is 1. The zero-order chi connectivity index (χ0) is 25.5. The van der Waals surface area contributed by atoms with E-state index in [0.29, 0.717) is 24.5 Å². The van der Waals surface area contributed by atoms with Gasteiger partial charge < -0.3 is 14.9 Å². The molecular formula is C29H31ClN2O4. The lowest BCUT2D eigenvalue weighted by Crippen LogP contribution is -2.41. The molecule has 0 radical (unpaired) electrons. The van der Waals surface area contributed by atoms with Crippen LogP contribution in [0.3, 0.4) is 0 Å². The summed E-state index contributed by atoms with van der Waals surface area (Å²) in [6.07, 6.45) is 3.38. The summed E-state index contributed by atoms with van der Waals surface area (Å²) in [5.41, 5.74) is 2.50. The molecule has 1 saturated heterocycles. The van der Waals surface area contributed by atoms with E-state index in [0.717, 1.165) is 47.2 Å². The molecule has 1 aliphatic rings. The molecule has 36 heavy (non-hydrogen) atoms. The lowest BCUT2D eigenvalue weighted by atomic mass is 9.79. The third-order valence-corrected chi connectivity index (χ3v) is 7.16. The molecule has 6 nitrogen and oxygen atoms in total. The van der Waals surface area contributed by atoms with E-state index >= 15 is 0 Å². The number of aliphatic hydroxyl groups is 1. The highest BCUT2D eigenvalue weighted by atomic mass is 35.5. The SMILES string of the molecule is COc1ccc2nccc([C@@H](O)CC[C@@H]3CCN(CC#Cc4cccc(Cl)c4)C[C@@H]3CC(=O)O)c2c1. The number of rotatable bonds is 8. The fourth-order valence-electron chi connectivity index (χ4n) is 5.05. The number of aliphatic hydroxyl groups excluding tert-OH is 1. The van der Waals surface area contributed by atoms with Crippen molar-refractivity contribution in [3.05, 3.63) is 70.9 Å². The van der Waals surface area contributed by atoms with Gasteiger partial charge in [0.25, 0.3) is 0 Å². The van der Waals surface area contributed by atoms with Crippen LogP contribution in [-0.4, -0.2) is 52.8 Å². The monoisotopic (exact) mass is 506 g/mol. The zero-order valence-corrected chi connectivity index (χ0v) is 21.1. The summed E-state index contributed by atoms with van der Waals surface area (Å²) < 4.78 is 5.35. The van der Waals surface area contributed by atoms with Gasteiger partial charge in [-0.1, -0.05) is 29.5 Å². The van der Waals surface area contributed by atoms with Crippen LogP contribution in [0.15, 0.2) is 54.7 Å². The molecule has 0 saturated carbocycles. The minimum Gasteiger partial charge on any atom is -0.497 e. The van der Waals surface area contributed by atoms with E-state index in [1.807, 2.05) is 48.5 Å². The molecule has 0 unspecified atom stereocenters. The van der Waals surface area contributed by atoms with E-state index in [9.17, 15) is 15.0 Å². The van der Waals surface area contributed by atoms with Crippen LogP contribution < -0.4 is 4.74 Å². The van der Waals surface area contributed by atoms with Gasteiger partial charge in [0.15, 0.2) is 0 Å². The van der Waals surface area contributed by atoms with Gasteiger partial charge in [-0.05, 0) is 85.7 Å². The van der Waals surface area contributed by atoms with Crippen molar-refractivity contribution < 1.29 is 19.7 Å². The van der Waals surface area contributed by atoms with Crippen molar-refractivity contribution in [3.8, 4) is 17.6 Å². The average Bonchev–Trinajstić information content (AvgIpc) is 2.87. The Morgan fingerprint density at radius 2 is 2.11 bits per heavy atom. The highest BCUT2D eigenvalue weighted by Crippen LogP contribution is 2.34. The number of hydrogen-bond acceptors (Lipinski definition) is 5.